The van der Waals surface area contributed by atoms with Crippen molar-refractivity contribution in [2.24, 2.45) is 11.3 Å². The number of nitrogens with one attached hydrogen (secondary N) is 2. The fraction of sp³-hybridized carbons (Fsp3) is 0.833. The van der Waals surface area contributed by atoms with Crippen molar-refractivity contribution in [3.63, 3.8) is 0 Å². The molecule has 0 saturated carbocycles. The molecule has 0 rings (SSSR count). The van der Waals surface area contributed by atoms with E-state index >= 15 is 0 Å². The highest BCUT2D eigenvalue weighted by Gasteiger charge is 2.33. The van der Waals surface area contributed by atoms with Crippen LogP contribution < -0.4 is 10.6 Å². The number of rotatable bonds is 4. The first-order valence-corrected chi connectivity index (χ1v) is 5.78. The highest BCUT2D eigenvalue weighted by Crippen LogP contribution is 2.22. The van der Waals surface area contributed by atoms with Gasteiger partial charge >= 0.3 is 6.03 Å². The van der Waals surface area contributed by atoms with Gasteiger partial charge in [-0.15, -0.1) is 0 Å². The number of carbonyl (C=O) groups excluding carboxylic acids is 2. The minimum Gasteiger partial charge on any atom is -0.338 e. The molecule has 0 aromatic rings. The second-order valence-electron chi connectivity index (χ2n) is 5.36. The molecule has 4 nitrogen and oxygen atoms in total. The van der Waals surface area contributed by atoms with Crippen molar-refractivity contribution in [1.29, 1.82) is 0 Å². The van der Waals surface area contributed by atoms with Crippen LogP contribution in [0.2, 0.25) is 0 Å². The SMILES string of the molecule is CCNC(=O)NC(C(=O)C(C)C)C(C)(C)C. The third-order valence-electron chi connectivity index (χ3n) is 2.33. The Labute approximate surface area is 98.2 Å². The molecule has 94 valence electrons. The lowest BCUT2D eigenvalue weighted by Gasteiger charge is -2.31. The van der Waals surface area contributed by atoms with Crippen molar-refractivity contribution in [1.82, 2.24) is 10.6 Å². The monoisotopic (exact) mass is 228 g/mol. The van der Waals surface area contributed by atoms with E-state index in [0.717, 1.165) is 0 Å². The van der Waals surface area contributed by atoms with Gasteiger partial charge in [-0.25, -0.2) is 4.79 Å². The van der Waals surface area contributed by atoms with E-state index in [0.29, 0.717) is 6.54 Å². The zero-order valence-electron chi connectivity index (χ0n) is 11.2. The first kappa shape index (κ1) is 14.9. The summed E-state index contributed by atoms with van der Waals surface area (Å²) in [4.78, 5) is 23.4. The molecule has 16 heavy (non-hydrogen) atoms. The Hall–Kier alpha value is -1.06. The van der Waals surface area contributed by atoms with Gasteiger partial charge in [-0.05, 0) is 12.3 Å². The summed E-state index contributed by atoms with van der Waals surface area (Å²) in [5.74, 6) is -0.00935. The van der Waals surface area contributed by atoms with Crippen molar-refractivity contribution in [3.8, 4) is 0 Å². The molecule has 0 aliphatic carbocycles. The normalized spacial score (nSPS) is 13.4. The summed E-state index contributed by atoms with van der Waals surface area (Å²) in [5, 5.41) is 5.38. The molecule has 0 saturated heterocycles. The Morgan fingerprint density at radius 2 is 1.69 bits per heavy atom. The molecule has 0 aliphatic heterocycles. The van der Waals surface area contributed by atoms with Gasteiger partial charge in [0.15, 0.2) is 5.78 Å². The lowest BCUT2D eigenvalue weighted by molar-refractivity contribution is -0.126. The lowest BCUT2D eigenvalue weighted by Crippen LogP contribution is -2.53. The Morgan fingerprint density at radius 1 is 1.19 bits per heavy atom. The van der Waals surface area contributed by atoms with Gasteiger partial charge in [-0.3, -0.25) is 4.79 Å². The van der Waals surface area contributed by atoms with Gasteiger partial charge in [-0.1, -0.05) is 34.6 Å². The molecule has 1 unspecified atom stereocenters. The molecule has 0 aromatic carbocycles. The van der Waals surface area contributed by atoms with E-state index in [2.05, 4.69) is 10.6 Å². The number of Topliss-reactive ketones (excluding diaryl/α,β-unsaturated/α-hetero) is 1. The van der Waals surface area contributed by atoms with Gasteiger partial charge in [0.25, 0.3) is 0 Å². The number of hydrogen-bond acceptors (Lipinski definition) is 2. The lowest BCUT2D eigenvalue weighted by atomic mass is 9.81. The van der Waals surface area contributed by atoms with Crippen molar-refractivity contribution in [2.75, 3.05) is 6.54 Å². The minimum atomic E-state index is -0.445. The zero-order chi connectivity index (χ0) is 12.9. The average molecular weight is 228 g/mol. The van der Waals surface area contributed by atoms with Crippen LogP contribution >= 0.6 is 0 Å². The summed E-state index contributed by atoms with van der Waals surface area (Å²) in [5.41, 5.74) is -0.271. The van der Waals surface area contributed by atoms with Crippen LogP contribution in [-0.2, 0) is 4.79 Å². The Balaban J connectivity index is 4.71. The summed E-state index contributed by atoms with van der Waals surface area (Å²) < 4.78 is 0. The smallest absolute Gasteiger partial charge is 0.315 e. The zero-order valence-corrected chi connectivity index (χ0v) is 11.2. The number of hydrogen-bond donors (Lipinski definition) is 2. The third-order valence-corrected chi connectivity index (χ3v) is 2.33. The number of carbonyl (C=O) groups is 2. The van der Waals surface area contributed by atoms with Crippen molar-refractivity contribution >= 4 is 11.8 Å². The van der Waals surface area contributed by atoms with Gasteiger partial charge < -0.3 is 10.6 Å². The van der Waals surface area contributed by atoms with Crippen LogP contribution in [0.15, 0.2) is 0 Å². The Bertz CT molecular complexity index is 254. The highest BCUT2D eigenvalue weighted by atomic mass is 16.2. The summed E-state index contributed by atoms with van der Waals surface area (Å²) in [7, 11) is 0. The summed E-state index contributed by atoms with van der Waals surface area (Å²) in [6, 6.07) is -0.726. The van der Waals surface area contributed by atoms with E-state index in [1.165, 1.54) is 0 Å². The first-order chi connectivity index (χ1) is 7.20. The predicted molar refractivity (Wildman–Crippen MR) is 65.3 cm³/mol. The third kappa shape index (κ3) is 4.64. The summed E-state index contributed by atoms with van der Waals surface area (Å²) in [6.45, 7) is 11.9. The first-order valence-electron chi connectivity index (χ1n) is 5.78. The van der Waals surface area contributed by atoms with Crippen LogP contribution in [0.1, 0.15) is 41.5 Å². The maximum Gasteiger partial charge on any atom is 0.315 e. The van der Waals surface area contributed by atoms with E-state index < -0.39 is 6.04 Å². The van der Waals surface area contributed by atoms with Gasteiger partial charge in [0.1, 0.15) is 0 Å². The minimum absolute atomic E-state index is 0.0683. The average Bonchev–Trinajstić information content (AvgIpc) is 2.11. The number of amides is 2. The second-order valence-corrected chi connectivity index (χ2v) is 5.36. The molecule has 0 heterocycles. The van der Waals surface area contributed by atoms with E-state index in [1.54, 1.807) is 0 Å². The molecular formula is C12H24N2O2. The standard InChI is InChI=1S/C12H24N2O2/c1-7-13-11(16)14-10(12(4,5)6)9(15)8(2)3/h8,10H,7H2,1-6H3,(H2,13,14,16). The highest BCUT2D eigenvalue weighted by molar-refractivity contribution is 5.90. The molecular weight excluding hydrogens is 204 g/mol. The quantitative estimate of drug-likeness (QED) is 0.772. The molecule has 2 amide bonds. The van der Waals surface area contributed by atoms with Crippen LogP contribution in [0.3, 0.4) is 0 Å². The maximum atomic E-state index is 12.0. The fourth-order valence-corrected chi connectivity index (χ4v) is 1.39. The number of ketones is 1. The molecule has 0 bridgehead atoms. The predicted octanol–water partition coefficient (Wildman–Crippen LogP) is 1.95. The van der Waals surface area contributed by atoms with Crippen LogP contribution in [-0.4, -0.2) is 24.4 Å². The topological polar surface area (TPSA) is 58.2 Å². The Morgan fingerprint density at radius 3 is 2.00 bits per heavy atom. The molecule has 0 fully saturated rings. The maximum absolute atomic E-state index is 12.0. The van der Waals surface area contributed by atoms with Gasteiger partial charge in [0, 0.05) is 12.5 Å². The van der Waals surface area contributed by atoms with E-state index in [9.17, 15) is 9.59 Å². The van der Waals surface area contributed by atoms with Crippen LogP contribution in [0.5, 0.6) is 0 Å². The largest absolute Gasteiger partial charge is 0.338 e. The second kappa shape index (κ2) is 5.87. The van der Waals surface area contributed by atoms with Crippen LogP contribution in [0.25, 0.3) is 0 Å². The molecule has 0 radical (unpaired) electrons. The van der Waals surface area contributed by atoms with E-state index in [1.807, 2.05) is 41.5 Å². The number of urea groups is 1. The Kier molecular flexibility index (Phi) is 5.48. The summed E-state index contributed by atoms with van der Waals surface area (Å²) >= 11 is 0. The van der Waals surface area contributed by atoms with Crippen molar-refractivity contribution in [2.45, 2.75) is 47.6 Å². The molecule has 0 aliphatic rings. The van der Waals surface area contributed by atoms with Gasteiger partial charge in [0.2, 0.25) is 0 Å². The summed E-state index contributed by atoms with van der Waals surface area (Å²) in [6.07, 6.45) is 0. The van der Waals surface area contributed by atoms with Gasteiger partial charge in [-0.2, -0.15) is 0 Å². The van der Waals surface area contributed by atoms with E-state index in [-0.39, 0.29) is 23.1 Å². The molecule has 0 spiro atoms. The van der Waals surface area contributed by atoms with Crippen molar-refractivity contribution in [3.05, 3.63) is 0 Å². The van der Waals surface area contributed by atoms with Crippen LogP contribution in [0.4, 0.5) is 4.79 Å². The van der Waals surface area contributed by atoms with Crippen molar-refractivity contribution < 1.29 is 9.59 Å². The molecule has 4 heteroatoms. The van der Waals surface area contributed by atoms with E-state index in [4.69, 9.17) is 0 Å². The molecule has 1 atom stereocenters. The molecule has 0 aromatic heterocycles. The molecule has 2 N–H and O–H groups in total. The van der Waals surface area contributed by atoms with Crippen LogP contribution in [0, 0.1) is 11.3 Å². The fourth-order valence-electron chi connectivity index (χ4n) is 1.39. The van der Waals surface area contributed by atoms with Gasteiger partial charge in [0.05, 0.1) is 6.04 Å².